The van der Waals surface area contributed by atoms with E-state index in [1.165, 1.54) is 18.3 Å². The number of hydrogen-bond donors (Lipinski definition) is 2. The van der Waals surface area contributed by atoms with Crippen molar-refractivity contribution in [3.63, 3.8) is 0 Å². The van der Waals surface area contributed by atoms with E-state index in [2.05, 4.69) is 15.2 Å². The molecular weight excluding hydrogens is 468 g/mol. The van der Waals surface area contributed by atoms with Crippen molar-refractivity contribution in [2.75, 3.05) is 26.2 Å². The number of amides is 1. The molecule has 174 valence electrons. The molecular formula is C24H24Cl2FN3O3. The highest BCUT2D eigenvalue weighted by Gasteiger charge is 2.20. The van der Waals surface area contributed by atoms with Crippen molar-refractivity contribution in [2.45, 2.75) is 25.4 Å². The van der Waals surface area contributed by atoms with Crippen LogP contribution >= 0.6 is 23.2 Å². The second kappa shape index (κ2) is 10.5. The Morgan fingerprint density at radius 3 is 2.67 bits per heavy atom. The lowest BCUT2D eigenvalue weighted by Crippen LogP contribution is -2.39. The number of H-pyrrole nitrogens is 1. The van der Waals surface area contributed by atoms with Crippen LogP contribution in [-0.2, 0) is 0 Å². The molecule has 1 aromatic heterocycles. The van der Waals surface area contributed by atoms with Crippen LogP contribution < -0.4 is 15.6 Å². The molecule has 3 aromatic rings. The number of piperidine rings is 1. The van der Waals surface area contributed by atoms with E-state index in [4.69, 9.17) is 27.9 Å². The topological polar surface area (TPSA) is 74.4 Å². The van der Waals surface area contributed by atoms with Gasteiger partial charge in [-0.25, -0.2) is 4.39 Å². The molecule has 0 bridgehead atoms. The molecule has 6 nitrogen and oxygen atoms in total. The van der Waals surface area contributed by atoms with Crippen molar-refractivity contribution < 1.29 is 13.9 Å². The van der Waals surface area contributed by atoms with Gasteiger partial charge in [0, 0.05) is 37.3 Å². The van der Waals surface area contributed by atoms with E-state index in [1.54, 1.807) is 12.1 Å². The predicted molar refractivity (Wildman–Crippen MR) is 128 cm³/mol. The van der Waals surface area contributed by atoms with Crippen molar-refractivity contribution in [1.82, 2.24) is 15.2 Å². The largest absolute Gasteiger partial charge is 0.490 e. The summed E-state index contributed by atoms with van der Waals surface area (Å²) >= 11 is 12.0. The number of nitrogens with one attached hydrogen (secondary N) is 2. The van der Waals surface area contributed by atoms with Gasteiger partial charge < -0.3 is 19.9 Å². The number of hydrogen-bond acceptors (Lipinski definition) is 4. The van der Waals surface area contributed by atoms with E-state index in [0.29, 0.717) is 27.5 Å². The maximum absolute atomic E-state index is 13.5. The highest BCUT2D eigenvalue weighted by Crippen LogP contribution is 2.28. The summed E-state index contributed by atoms with van der Waals surface area (Å²) < 4.78 is 19.5. The van der Waals surface area contributed by atoms with Crippen LogP contribution in [0.5, 0.6) is 5.75 Å². The molecule has 0 spiro atoms. The number of pyridine rings is 1. The molecule has 1 amide bonds. The zero-order chi connectivity index (χ0) is 23.4. The highest BCUT2D eigenvalue weighted by molar-refractivity contribution is 6.42. The Morgan fingerprint density at radius 2 is 1.91 bits per heavy atom. The summed E-state index contributed by atoms with van der Waals surface area (Å²) in [4.78, 5) is 29.4. The van der Waals surface area contributed by atoms with Gasteiger partial charge >= 0.3 is 0 Å². The molecule has 0 radical (unpaired) electrons. The lowest BCUT2D eigenvalue weighted by molar-refractivity contribution is 0.0936. The van der Waals surface area contributed by atoms with E-state index >= 15 is 0 Å². The maximum Gasteiger partial charge on any atom is 0.255 e. The average Bonchev–Trinajstić information content (AvgIpc) is 2.80. The number of halogens is 3. The van der Waals surface area contributed by atoms with E-state index in [1.807, 2.05) is 6.07 Å². The molecule has 0 unspecified atom stereocenters. The van der Waals surface area contributed by atoms with Crippen LogP contribution in [0.25, 0.3) is 10.8 Å². The molecule has 1 fully saturated rings. The number of ether oxygens (including phenoxy) is 1. The minimum Gasteiger partial charge on any atom is -0.490 e. The Hall–Kier alpha value is -2.61. The molecule has 33 heavy (non-hydrogen) atoms. The lowest BCUT2D eigenvalue weighted by atomic mass is 10.1. The zero-order valence-electron chi connectivity index (χ0n) is 17.9. The Labute approximate surface area is 200 Å². The van der Waals surface area contributed by atoms with Gasteiger partial charge in [-0.1, -0.05) is 29.3 Å². The number of likely N-dealkylation sites (tertiary alicyclic amines) is 1. The first-order valence-electron chi connectivity index (χ1n) is 10.8. The molecule has 0 saturated carbocycles. The number of aromatic amines is 1. The Balaban J connectivity index is 1.21. The van der Waals surface area contributed by atoms with Gasteiger partial charge in [-0.3, -0.25) is 9.59 Å². The molecule has 2 aromatic carbocycles. The third-order valence-electron chi connectivity index (χ3n) is 5.77. The number of benzene rings is 2. The van der Waals surface area contributed by atoms with Crippen LogP contribution in [-0.4, -0.2) is 48.1 Å². The van der Waals surface area contributed by atoms with Crippen LogP contribution in [0.4, 0.5) is 4.39 Å². The highest BCUT2D eigenvalue weighted by atomic mass is 35.5. The smallest absolute Gasteiger partial charge is 0.255 e. The summed E-state index contributed by atoms with van der Waals surface area (Å²) in [6.45, 7) is 3.18. The van der Waals surface area contributed by atoms with Crippen LogP contribution in [0.3, 0.4) is 0 Å². The first-order chi connectivity index (χ1) is 15.9. The molecule has 9 heteroatoms. The third kappa shape index (κ3) is 5.85. The van der Waals surface area contributed by atoms with E-state index in [-0.39, 0.29) is 17.4 Å². The molecule has 0 aliphatic carbocycles. The fourth-order valence-electron chi connectivity index (χ4n) is 4.01. The first-order valence-corrected chi connectivity index (χ1v) is 11.6. The van der Waals surface area contributed by atoms with Crippen LogP contribution in [0.15, 0.2) is 47.4 Å². The number of carbonyl (C=O) groups excluding carboxylic acids is 1. The SMILES string of the molecule is O=C(NCCCN1CCC(Oc2ccc(Cl)c(Cl)c2)CC1)c1c[nH]c(=O)c2cc(F)ccc12. The second-order valence-corrected chi connectivity index (χ2v) is 8.88. The van der Waals surface area contributed by atoms with Gasteiger partial charge in [0.05, 0.1) is 21.0 Å². The summed E-state index contributed by atoms with van der Waals surface area (Å²) in [5, 5.41) is 4.47. The minimum atomic E-state index is -0.517. The first kappa shape index (κ1) is 23.5. The van der Waals surface area contributed by atoms with Gasteiger partial charge in [0.2, 0.25) is 0 Å². The fraction of sp³-hybridized carbons (Fsp3) is 0.333. The number of nitrogens with zero attached hydrogens (tertiary/aromatic N) is 1. The third-order valence-corrected chi connectivity index (χ3v) is 6.51. The normalized spacial score (nSPS) is 15.0. The molecule has 2 N–H and O–H groups in total. The monoisotopic (exact) mass is 491 g/mol. The number of aromatic nitrogens is 1. The molecule has 2 heterocycles. The van der Waals surface area contributed by atoms with Crippen LogP contribution in [0.2, 0.25) is 10.0 Å². The lowest BCUT2D eigenvalue weighted by Gasteiger charge is -2.32. The quantitative estimate of drug-likeness (QED) is 0.472. The fourth-order valence-corrected chi connectivity index (χ4v) is 4.30. The van der Waals surface area contributed by atoms with Gasteiger partial charge in [-0.05, 0) is 50.1 Å². The summed E-state index contributed by atoms with van der Waals surface area (Å²) in [7, 11) is 0. The Morgan fingerprint density at radius 1 is 1.12 bits per heavy atom. The predicted octanol–water partition coefficient (Wildman–Crippen LogP) is 4.64. The van der Waals surface area contributed by atoms with Gasteiger partial charge in [0.15, 0.2) is 0 Å². The van der Waals surface area contributed by atoms with Crippen molar-refractivity contribution in [2.24, 2.45) is 0 Å². The average molecular weight is 492 g/mol. The van der Waals surface area contributed by atoms with Crippen molar-refractivity contribution in [3.8, 4) is 5.75 Å². The molecule has 0 atom stereocenters. The summed E-state index contributed by atoms with van der Waals surface area (Å²) in [6.07, 6.45) is 4.12. The zero-order valence-corrected chi connectivity index (χ0v) is 19.4. The van der Waals surface area contributed by atoms with Crippen molar-refractivity contribution >= 4 is 39.9 Å². The molecule has 1 aliphatic rings. The van der Waals surface area contributed by atoms with Gasteiger partial charge in [0.1, 0.15) is 17.7 Å². The summed E-state index contributed by atoms with van der Waals surface area (Å²) in [5.74, 6) is -0.0867. The Bertz CT molecular complexity index is 1210. The van der Waals surface area contributed by atoms with Gasteiger partial charge in [-0.2, -0.15) is 0 Å². The van der Waals surface area contributed by atoms with E-state index in [9.17, 15) is 14.0 Å². The number of fused-ring (bicyclic) bond motifs is 1. The number of carbonyl (C=O) groups is 1. The van der Waals surface area contributed by atoms with E-state index < -0.39 is 11.4 Å². The molecule has 4 rings (SSSR count). The molecule has 1 saturated heterocycles. The minimum absolute atomic E-state index is 0.136. The number of rotatable bonds is 7. The van der Waals surface area contributed by atoms with Crippen LogP contribution in [0.1, 0.15) is 29.6 Å². The van der Waals surface area contributed by atoms with Crippen LogP contribution in [0, 0.1) is 5.82 Å². The van der Waals surface area contributed by atoms with Crippen molar-refractivity contribution in [1.29, 1.82) is 0 Å². The van der Waals surface area contributed by atoms with Gasteiger partial charge in [0.25, 0.3) is 11.5 Å². The van der Waals surface area contributed by atoms with Gasteiger partial charge in [-0.15, -0.1) is 0 Å². The van der Waals surface area contributed by atoms with E-state index in [0.717, 1.165) is 50.7 Å². The summed E-state index contributed by atoms with van der Waals surface area (Å²) in [6, 6.07) is 9.13. The van der Waals surface area contributed by atoms with Crippen molar-refractivity contribution in [3.05, 3.63) is 74.4 Å². The summed E-state index contributed by atoms with van der Waals surface area (Å²) in [5.41, 5.74) is -0.0996. The Kier molecular flexibility index (Phi) is 7.53. The maximum atomic E-state index is 13.5. The standard InChI is InChI=1S/C24H24Cl2FN3O3/c25-21-5-3-17(13-22(21)26)33-16-6-10-30(11-7-16)9-1-8-28-24(32)20-14-29-23(31)19-12-15(27)2-4-18(19)20/h2-5,12-14,16H,1,6-11H2,(H,28,32)(H,29,31). The second-order valence-electron chi connectivity index (χ2n) is 8.07. The molecule has 1 aliphatic heterocycles.